The van der Waals surface area contributed by atoms with E-state index in [-0.39, 0.29) is 11.9 Å². The average Bonchev–Trinajstić information content (AvgIpc) is 3.43. The minimum absolute atomic E-state index is 0.0505. The monoisotopic (exact) mass is 404 g/mol. The minimum atomic E-state index is -0.669. The van der Waals surface area contributed by atoms with Gasteiger partial charge in [0.1, 0.15) is 0 Å². The van der Waals surface area contributed by atoms with Gasteiger partial charge in [-0.3, -0.25) is 20.4 Å². The number of nitrogens with one attached hydrogen (secondary N) is 2. The van der Waals surface area contributed by atoms with E-state index >= 15 is 0 Å². The highest BCUT2D eigenvalue weighted by atomic mass is 32.2. The zero-order valence-electron chi connectivity index (χ0n) is 15.0. The maximum atomic E-state index is 12.3. The van der Waals surface area contributed by atoms with Gasteiger partial charge in [-0.05, 0) is 37.1 Å². The molecule has 1 aromatic carbocycles. The van der Waals surface area contributed by atoms with Crippen molar-refractivity contribution in [3.63, 3.8) is 0 Å². The first-order valence-electron chi connectivity index (χ1n) is 8.76. The van der Waals surface area contributed by atoms with Gasteiger partial charge in [0.25, 0.3) is 5.91 Å². The van der Waals surface area contributed by atoms with Gasteiger partial charge in [0.05, 0.1) is 17.9 Å². The van der Waals surface area contributed by atoms with E-state index in [1.807, 2.05) is 12.1 Å². The fourth-order valence-electron chi connectivity index (χ4n) is 2.56. The molecule has 0 spiro atoms. The number of benzene rings is 1. The molecule has 0 saturated carbocycles. The molecule has 1 fully saturated rings. The molecule has 1 saturated heterocycles. The van der Waals surface area contributed by atoms with Crippen LogP contribution in [-0.4, -0.2) is 42.9 Å². The first-order valence-corrected chi connectivity index (χ1v) is 9.75. The van der Waals surface area contributed by atoms with Gasteiger partial charge in [-0.2, -0.15) is 0 Å². The molecule has 148 valence electrons. The number of carbonyl (C=O) groups excluding carboxylic acids is 3. The SMILES string of the molecule is O=C(COC(=O)c1ccccc1SC[C@H]1CCCO1)NNC(=O)c1ccco1. The summed E-state index contributed by atoms with van der Waals surface area (Å²) in [6, 6.07) is 10.1. The molecule has 28 heavy (non-hydrogen) atoms. The van der Waals surface area contributed by atoms with Crippen molar-refractivity contribution in [1.82, 2.24) is 10.9 Å². The number of thioether (sulfide) groups is 1. The number of hydrazine groups is 1. The summed E-state index contributed by atoms with van der Waals surface area (Å²) in [7, 11) is 0. The van der Waals surface area contributed by atoms with Crippen molar-refractivity contribution in [3.8, 4) is 0 Å². The highest BCUT2D eigenvalue weighted by Crippen LogP contribution is 2.27. The van der Waals surface area contributed by atoms with Crippen molar-refractivity contribution in [2.24, 2.45) is 0 Å². The van der Waals surface area contributed by atoms with Gasteiger partial charge in [-0.15, -0.1) is 11.8 Å². The van der Waals surface area contributed by atoms with Gasteiger partial charge in [0, 0.05) is 17.3 Å². The van der Waals surface area contributed by atoms with Gasteiger partial charge in [0.15, 0.2) is 12.4 Å². The summed E-state index contributed by atoms with van der Waals surface area (Å²) in [5.74, 6) is -1.08. The fourth-order valence-corrected chi connectivity index (χ4v) is 3.67. The topological polar surface area (TPSA) is 107 Å². The number of furan rings is 1. The molecule has 0 radical (unpaired) electrons. The van der Waals surface area contributed by atoms with Crippen LogP contribution in [0.1, 0.15) is 33.8 Å². The molecule has 1 aromatic heterocycles. The zero-order chi connectivity index (χ0) is 19.8. The third-order valence-corrected chi connectivity index (χ3v) is 5.16. The highest BCUT2D eigenvalue weighted by molar-refractivity contribution is 7.99. The van der Waals surface area contributed by atoms with Crippen LogP contribution in [0.4, 0.5) is 0 Å². The van der Waals surface area contributed by atoms with Crippen LogP contribution in [0.15, 0.2) is 52.0 Å². The smallest absolute Gasteiger partial charge is 0.339 e. The second kappa shape index (κ2) is 9.95. The zero-order valence-corrected chi connectivity index (χ0v) is 15.8. The van der Waals surface area contributed by atoms with Gasteiger partial charge in [0.2, 0.25) is 0 Å². The van der Waals surface area contributed by atoms with Crippen LogP contribution in [0.5, 0.6) is 0 Å². The van der Waals surface area contributed by atoms with Crippen molar-refractivity contribution in [3.05, 3.63) is 54.0 Å². The maximum Gasteiger partial charge on any atom is 0.339 e. The predicted molar refractivity (Wildman–Crippen MR) is 101 cm³/mol. The molecule has 9 heteroatoms. The molecular weight excluding hydrogens is 384 g/mol. The van der Waals surface area contributed by atoms with E-state index in [2.05, 4.69) is 10.9 Å². The molecule has 2 heterocycles. The molecule has 2 N–H and O–H groups in total. The molecule has 3 rings (SSSR count). The van der Waals surface area contributed by atoms with Gasteiger partial charge in [-0.25, -0.2) is 4.79 Å². The molecule has 2 aromatic rings. The highest BCUT2D eigenvalue weighted by Gasteiger charge is 2.19. The lowest BCUT2D eigenvalue weighted by molar-refractivity contribution is -0.125. The summed E-state index contributed by atoms with van der Waals surface area (Å²) < 4.78 is 15.5. The summed E-state index contributed by atoms with van der Waals surface area (Å²) in [4.78, 5) is 36.6. The first-order chi connectivity index (χ1) is 13.6. The van der Waals surface area contributed by atoms with Gasteiger partial charge in [-0.1, -0.05) is 12.1 Å². The van der Waals surface area contributed by atoms with E-state index in [1.54, 1.807) is 18.2 Å². The fraction of sp³-hybridized carbons (Fsp3) is 0.316. The summed E-state index contributed by atoms with van der Waals surface area (Å²) in [6.07, 6.45) is 3.61. The second-order valence-electron chi connectivity index (χ2n) is 6.00. The Labute approximate surface area is 165 Å². The van der Waals surface area contributed by atoms with Gasteiger partial charge >= 0.3 is 11.9 Å². The Hall–Kier alpha value is -2.78. The number of rotatable bonds is 7. The second-order valence-corrected chi connectivity index (χ2v) is 7.06. The summed E-state index contributed by atoms with van der Waals surface area (Å²) >= 11 is 1.53. The van der Waals surface area contributed by atoms with Crippen molar-refractivity contribution in [2.45, 2.75) is 23.8 Å². The quantitative estimate of drug-likeness (QED) is 0.414. The maximum absolute atomic E-state index is 12.3. The molecule has 0 aliphatic carbocycles. The Bertz CT molecular complexity index is 818. The molecule has 1 aliphatic rings. The number of carbonyl (C=O) groups is 3. The summed E-state index contributed by atoms with van der Waals surface area (Å²) in [5.41, 5.74) is 4.71. The standard InChI is InChI=1S/C19H20N2O6S/c22-17(20-21-18(23)15-7-4-10-26-15)11-27-19(24)14-6-1-2-8-16(14)28-12-13-5-3-9-25-13/h1-2,4,6-8,10,13H,3,5,9,11-12H2,(H,20,22)(H,21,23)/t13-/m1/s1. The first kappa shape index (κ1) is 20.0. The predicted octanol–water partition coefficient (Wildman–Crippen LogP) is 2.17. The van der Waals surface area contributed by atoms with E-state index in [0.717, 1.165) is 30.1 Å². The largest absolute Gasteiger partial charge is 0.459 e. The van der Waals surface area contributed by atoms with Crippen LogP contribution in [0.3, 0.4) is 0 Å². The third kappa shape index (κ3) is 5.61. The molecule has 8 nitrogen and oxygen atoms in total. The Morgan fingerprint density at radius 3 is 2.75 bits per heavy atom. The molecule has 0 unspecified atom stereocenters. The third-order valence-electron chi connectivity index (χ3n) is 3.95. The molecular formula is C19H20N2O6S. The number of ether oxygens (including phenoxy) is 2. The van der Waals surface area contributed by atoms with E-state index < -0.39 is 24.4 Å². The lowest BCUT2D eigenvalue weighted by atomic mass is 10.2. The Balaban J connectivity index is 1.46. The summed E-state index contributed by atoms with van der Waals surface area (Å²) in [5, 5.41) is 0. The van der Waals surface area contributed by atoms with E-state index in [1.165, 1.54) is 24.1 Å². The number of hydrogen-bond acceptors (Lipinski definition) is 7. The Morgan fingerprint density at radius 2 is 2.00 bits per heavy atom. The van der Waals surface area contributed by atoms with Crippen LogP contribution in [-0.2, 0) is 14.3 Å². The normalized spacial score (nSPS) is 15.8. The number of esters is 1. The van der Waals surface area contributed by atoms with Crippen LogP contribution in [0, 0.1) is 0 Å². The van der Waals surface area contributed by atoms with Crippen molar-refractivity contribution >= 4 is 29.5 Å². The van der Waals surface area contributed by atoms with Crippen LogP contribution in [0.25, 0.3) is 0 Å². The van der Waals surface area contributed by atoms with Crippen LogP contribution < -0.4 is 10.9 Å². The molecule has 1 atom stereocenters. The molecule has 1 aliphatic heterocycles. The molecule has 0 bridgehead atoms. The average molecular weight is 404 g/mol. The van der Waals surface area contributed by atoms with Crippen LogP contribution >= 0.6 is 11.8 Å². The lowest BCUT2D eigenvalue weighted by Gasteiger charge is -2.12. The Morgan fingerprint density at radius 1 is 1.14 bits per heavy atom. The van der Waals surface area contributed by atoms with Crippen molar-refractivity contribution < 1.29 is 28.3 Å². The minimum Gasteiger partial charge on any atom is -0.459 e. The van der Waals surface area contributed by atoms with E-state index in [4.69, 9.17) is 13.9 Å². The van der Waals surface area contributed by atoms with E-state index in [0.29, 0.717) is 5.56 Å². The summed E-state index contributed by atoms with van der Waals surface area (Å²) in [6.45, 7) is 0.252. The number of hydrogen-bond donors (Lipinski definition) is 2. The van der Waals surface area contributed by atoms with Gasteiger partial charge < -0.3 is 13.9 Å². The Kier molecular flexibility index (Phi) is 7.10. The van der Waals surface area contributed by atoms with Crippen LogP contribution in [0.2, 0.25) is 0 Å². The van der Waals surface area contributed by atoms with Crippen molar-refractivity contribution in [2.75, 3.05) is 19.0 Å². The van der Waals surface area contributed by atoms with Crippen molar-refractivity contribution in [1.29, 1.82) is 0 Å². The number of amides is 2. The van der Waals surface area contributed by atoms with E-state index in [9.17, 15) is 14.4 Å². The lowest BCUT2D eigenvalue weighted by Crippen LogP contribution is -2.43. The molecule has 2 amide bonds.